The number of aromatic nitrogens is 1. The van der Waals surface area contributed by atoms with Crippen LogP contribution in [0.2, 0.25) is 0 Å². The summed E-state index contributed by atoms with van der Waals surface area (Å²) in [6.45, 7) is 3.30. The molecule has 1 aliphatic heterocycles. The molecule has 2 aromatic rings. The SMILES string of the molecule is Cc1ccc(OC2CN(c3cccc(CN=C(N)N)c3F)C2)cn1. The maximum Gasteiger partial charge on any atom is 0.186 e. The van der Waals surface area contributed by atoms with Crippen LogP contribution in [-0.2, 0) is 6.54 Å². The van der Waals surface area contributed by atoms with Crippen LogP contribution in [0.25, 0.3) is 0 Å². The van der Waals surface area contributed by atoms with E-state index in [9.17, 15) is 4.39 Å². The molecule has 0 radical (unpaired) electrons. The first-order chi connectivity index (χ1) is 11.5. The number of guanidine groups is 1. The van der Waals surface area contributed by atoms with Crippen molar-refractivity contribution in [2.75, 3.05) is 18.0 Å². The second-order valence-electron chi connectivity index (χ2n) is 5.77. The predicted molar refractivity (Wildman–Crippen MR) is 91.5 cm³/mol. The van der Waals surface area contributed by atoms with Crippen molar-refractivity contribution in [3.8, 4) is 5.75 Å². The third kappa shape index (κ3) is 3.56. The minimum absolute atomic E-state index is 0.0234. The van der Waals surface area contributed by atoms with Gasteiger partial charge < -0.3 is 21.1 Å². The van der Waals surface area contributed by atoms with E-state index in [1.165, 1.54) is 0 Å². The van der Waals surface area contributed by atoms with Crippen LogP contribution in [0.4, 0.5) is 10.1 Å². The fourth-order valence-electron chi connectivity index (χ4n) is 2.53. The monoisotopic (exact) mass is 329 g/mol. The molecule has 0 amide bonds. The van der Waals surface area contributed by atoms with Crippen LogP contribution in [0.15, 0.2) is 41.5 Å². The summed E-state index contributed by atoms with van der Waals surface area (Å²) in [5.74, 6) is 0.383. The highest BCUT2D eigenvalue weighted by Gasteiger charge is 2.30. The standard InChI is InChI=1S/C17H20FN5O/c1-11-5-6-13(8-21-11)24-14-9-23(10-14)15-4-2-3-12(16(15)18)7-22-17(19)20/h2-6,8,14H,7,9-10H2,1H3,(H4,19,20,22). The molecule has 0 atom stereocenters. The maximum absolute atomic E-state index is 14.5. The van der Waals surface area contributed by atoms with Crippen molar-refractivity contribution in [2.24, 2.45) is 16.5 Å². The highest BCUT2D eigenvalue weighted by molar-refractivity contribution is 5.75. The zero-order chi connectivity index (χ0) is 17.1. The average Bonchev–Trinajstić information content (AvgIpc) is 2.52. The van der Waals surface area contributed by atoms with Crippen LogP contribution in [0.3, 0.4) is 0 Å². The predicted octanol–water partition coefficient (Wildman–Crippen LogP) is 1.57. The summed E-state index contributed by atoms with van der Waals surface area (Å²) in [5, 5.41) is 0. The Morgan fingerprint density at radius 3 is 2.79 bits per heavy atom. The smallest absolute Gasteiger partial charge is 0.186 e. The van der Waals surface area contributed by atoms with Gasteiger partial charge in [-0.1, -0.05) is 12.1 Å². The molecule has 3 rings (SSSR count). The Balaban J connectivity index is 1.62. The molecule has 1 aromatic carbocycles. The number of nitrogens with two attached hydrogens (primary N) is 2. The number of benzene rings is 1. The Labute approximate surface area is 140 Å². The Kier molecular flexibility index (Phi) is 4.50. The second-order valence-corrected chi connectivity index (χ2v) is 5.77. The number of hydrogen-bond acceptors (Lipinski definition) is 4. The zero-order valence-electron chi connectivity index (χ0n) is 13.4. The second kappa shape index (κ2) is 6.74. The molecule has 4 N–H and O–H groups in total. The number of aliphatic imine (C=N–C) groups is 1. The van der Waals surface area contributed by atoms with Gasteiger partial charge in [0.05, 0.1) is 31.5 Å². The van der Waals surface area contributed by atoms with Crippen molar-refractivity contribution < 1.29 is 9.13 Å². The van der Waals surface area contributed by atoms with Crippen LogP contribution in [-0.4, -0.2) is 30.1 Å². The van der Waals surface area contributed by atoms with E-state index in [0.29, 0.717) is 24.3 Å². The first kappa shape index (κ1) is 16.0. The fourth-order valence-corrected chi connectivity index (χ4v) is 2.53. The summed E-state index contributed by atoms with van der Waals surface area (Å²) < 4.78 is 20.4. The van der Waals surface area contributed by atoms with E-state index in [2.05, 4.69) is 9.98 Å². The number of halogens is 1. The molecule has 1 aliphatic rings. The molecule has 0 unspecified atom stereocenters. The number of pyridine rings is 1. The molecule has 6 nitrogen and oxygen atoms in total. The number of hydrogen-bond donors (Lipinski definition) is 2. The minimum Gasteiger partial charge on any atom is -0.485 e. The maximum atomic E-state index is 14.5. The quantitative estimate of drug-likeness (QED) is 0.642. The number of aryl methyl sites for hydroxylation is 1. The van der Waals surface area contributed by atoms with Gasteiger partial charge in [0.1, 0.15) is 11.9 Å². The van der Waals surface area contributed by atoms with Crippen molar-refractivity contribution in [1.29, 1.82) is 0 Å². The highest BCUT2D eigenvalue weighted by Crippen LogP contribution is 2.28. The van der Waals surface area contributed by atoms with Gasteiger partial charge in [-0.05, 0) is 25.1 Å². The molecule has 24 heavy (non-hydrogen) atoms. The lowest BCUT2D eigenvalue weighted by atomic mass is 10.1. The molecule has 0 bridgehead atoms. The molecule has 1 fully saturated rings. The first-order valence-electron chi connectivity index (χ1n) is 7.70. The largest absolute Gasteiger partial charge is 0.485 e. The number of ether oxygens (including phenoxy) is 1. The van der Waals surface area contributed by atoms with Gasteiger partial charge in [-0.3, -0.25) is 4.98 Å². The molecule has 126 valence electrons. The lowest BCUT2D eigenvalue weighted by molar-refractivity contribution is 0.166. The molecule has 1 aromatic heterocycles. The Hall–Kier alpha value is -2.83. The fraction of sp³-hybridized carbons (Fsp3) is 0.294. The Bertz CT molecular complexity index is 737. The number of nitrogens with zero attached hydrogens (tertiary/aromatic N) is 3. The van der Waals surface area contributed by atoms with Gasteiger partial charge in [-0.25, -0.2) is 9.38 Å². The van der Waals surface area contributed by atoms with Crippen molar-refractivity contribution in [3.05, 3.63) is 53.6 Å². The van der Waals surface area contributed by atoms with Crippen LogP contribution >= 0.6 is 0 Å². The molecule has 2 heterocycles. The summed E-state index contributed by atoms with van der Waals surface area (Å²) in [7, 11) is 0. The molecule has 1 saturated heterocycles. The first-order valence-corrected chi connectivity index (χ1v) is 7.70. The number of rotatable bonds is 5. The molecule has 0 saturated carbocycles. The van der Waals surface area contributed by atoms with Gasteiger partial charge in [0, 0.05) is 11.3 Å². The lowest BCUT2D eigenvalue weighted by Crippen LogP contribution is -2.54. The highest BCUT2D eigenvalue weighted by atomic mass is 19.1. The average molecular weight is 329 g/mol. The van der Waals surface area contributed by atoms with E-state index in [4.69, 9.17) is 16.2 Å². The van der Waals surface area contributed by atoms with Crippen LogP contribution < -0.4 is 21.1 Å². The van der Waals surface area contributed by atoms with Gasteiger partial charge in [0.2, 0.25) is 0 Å². The van der Waals surface area contributed by atoms with Crippen LogP contribution in [0.1, 0.15) is 11.3 Å². The van der Waals surface area contributed by atoms with Crippen molar-refractivity contribution >= 4 is 11.6 Å². The molecular weight excluding hydrogens is 309 g/mol. The van der Waals surface area contributed by atoms with E-state index in [-0.39, 0.29) is 24.4 Å². The topological polar surface area (TPSA) is 89.8 Å². The normalized spacial score (nSPS) is 14.2. The molecule has 7 heteroatoms. The summed E-state index contributed by atoms with van der Waals surface area (Å²) >= 11 is 0. The van der Waals surface area contributed by atoms with E-state index in [1.807, 2.05) is 24.0 Å². The van der Waals surface area contributed by atoms with Crippen molar-refractivity contribution in [3.63, 3.8) is 0 Å². The molecular formula is C17H20FN5O. The van der Waals surface area contributed by atoms with Crippen molar-refractivity contribution in [1.82, 2.24) is 4.98 Å². The van der Waals surface area contributed by atoms with Gasteiger partial charge in [-0.2, -0.15) is 0 Å². The molecule has 0 spiro atoms. The Morgan fingerprint density at radius 1 is 1.33 bits per heavy atom. The Morgan fingerprint density at radius 2 is 2.12 bits per heavy atom. The van der Waals surface area contributed by atoms with Crippen LogP contribution in [0, 0.1) is 12.7 Å². The van der Waals surface area contributed by atoms with Crippen molar-refractivity contribution in [2.45, 2.75) is 19.6 Å². The summed E-state index contributed by atoms with van der Waals surface area (Å²) in [4.78, 5) is 9.99. The van der Waals surface area contributed by atoms with Gasteiger partial charge in [0.15, 0.2) is 11.8 Å². The third-order valence-corrected chi connectivity index (χ3v) is 3.87. The minimum atomic E-state index is -0.294. The number of anilines is 1. The summed E-state index contributed by atoms with van der Waals surface area (Å²) in [5.41, 5.74) is 12.5. The van der Waals surface area contributed by atoms with Crippen LogP contribution in [0.5, 0.6) is 5.75 Å². The van der Waals surface area contributed by atoms with E-state index in [1.54, 1.807) is 24.4 Å². The summed E-state index contributed by atoms with van der Waals surface area (Å²) in [6, 6.07) is 9.02. The van der Waals surface area contributed by atoms with Gasteiger partial charge in [-0.15, -0.1) is 0 Å². The van der Waals surface area contributed by atoms with E-state index in [0.717, 1.165) is 11.4 Å². The zero-order valence-corrected chi connectivity index (χ0v) is 13.4. The van der Waals surface area contributed by atoms with E-state index < -0.39 is 0 Å². The lowest BCUT2D eigenvalue weighted by Gasteiger charge is -2.40. The van der Waals surface area contributed by atoms with Gasteiger partial charge in [0.25, 0.3) is 0 Å². The van der Waals surface area contributed by atoms with Gasteiger partial charge >= 0.3 is 0 Å². The molecule has 0 aliphatic carbocycles. The summed E-state index contributed by atoms with van der Waals surface area (Å²) in [6.07, 6.45) is 1.73. The van der Waals surface area contributed by atoms with E-state index >= 15 is 0 Å². The third-order valence-electron chi connectivity index (χ3n) is 3.87.